The third-order valence-corrected chi connectivity index (χ3v) is 3.76. The minimum absolute atomic E-state index is 0.291. The van der Waals surface area contributed by atoms with Gasteiger partial charge >= 0.3 is 5.97 Å². The maximum atomic E-state index is 11.4. The normalized spacial score (nSPS) is 12.2. The van der Waals surface area contributed by atoms with Crippen LogP contribution in [0.25, 0.3) is 0 Å². The molecule has 1 unspecified atom stereocenters. The van der Waals surface area contributed by atoms with Crippen LogP contribution >= 0.6 is 11.6 Å². The number of para-hydroxylation sites is 1. The third kappa shape index (κ3) is 4.25. The first-order valence-corrected chi connectivity index (χ1v) is 7.58. The van der Waals surface area contributed by atoms with Crippen molar-refractivity contribution in [2.24, 2.45) is 0 Å². The molecule has 0 amide bonds. The summed E-state index contributed by atoms with van der Waals surface area (Å²) >= 11 is 6.01. The molecule has 1 atom stereocenters. The van der Waals surface area contributed by atoms with Gasteiger partial charge in [0.25, 0.3) is 0 Å². The standard InChI is InChI=1S/C18H19ClO3/c1-12(2)14-9-7-13(8-10-14)11-17(18(20)21)22-16-6-4-3-5-15(16)19/h3-10,12,17H,11H2,1-2H3,(H,20,21). The topological polar surface area (TPSA) is 46.5 Å². The molecule has 3 nitrogen and oxygen atoms in total. The Hall–Kier alpha value is -2.00. The zero-order valence-corrected chi connectivity index (χ0v) is 13.4. The molecule has 0 aliphatic heterocycles. The molecule has 2 aromatic carbocycles. The van der Waals surface area contributed by atoms with Gasteiger partial charge in [0.15, 0.2) is 6.10 Å². The summed E-state index contributed by atoms with van der Waals surface area (Å²) in [5, 5.41) is 9.77. The van der Waals surface area contributed by atoms with Gasteiger partial charge < -0.3 is 9.84 Å². The van der Waals surface area contributed by atoms with Crippen molar-refractivity contribution in [2.45, 2.75) is 32.3 Å². The highest BCUT2D eigenvalue weighted by molar-refractivity contribution is 6.32. The lowest BCUT2D eigenvalue weighted by Gasteiger charge is -2.16. The second kappa shape index (κ2) is 7.32. The third-order valence-electron chi connectivity index (χ3n) is 3.45. The Labute approximate surface area is 135 Å². The first kappa shape index (κ1) is 16.4. The Kier molecular flexibility index (Phi) is 5.45. The van der Waals surface area contributed by atoms with Crippen molar-refractivity contribution in [1.29, 1.82) is 0 Å². The number of ether oxygens (including phenoxy) is 1. The minimum atomic E-state index is -1.01. The molecule has 2 rings (SSSR count). The van der Waals surface area contributed by atoms with Crippen LogP contribution in [0.3, 0.4) is 0 Å². The fourth-order valence-corrected chi connectivity index (χ4v) is 2.31. The molecule has 1 N–H and O–H groups in total. The molecule has 0 heterocycles. The molecule has 0 aromatic heterocycles. The van der Waals surface area contributed by atoms with E-state index in [0.717, 1.165) is 5.56 Å². The number of carboxylic acid groups (broad SMARTS) is 1. The molecule has 0 saturated carbocycles. The smallest absolute Gasteiger partial charge is 0.345 e. The molecule has 0 radical (unpaired) electrons. The van der Waals surface area contributed by atoms with E-state index in [1.54, 1.807) is 24.3 Å². The number of hydrogen-bond acceptors (Lipinski definition) is 2. The quantitative estimate of drug-likeness (QED) is 0.850. The van der Waals surface area contributed by atoms with Crippen LogP contribution in [0.5, 0.6) is 5.75 Å². The molecule has 0 fully saturated rings. The average Bonchev–Trinajstić information content (AvgIpc) is 2.49. The number of carbonyl (C=O) groups is 1. The molecule has 0 spiro atoms. The highest BCUT2D eigenvalue weighted by Crippen LogP contribution is 2.25. The number of aliphatic carboxylic acids is 1. The van der Waals surface area contributed by atoms with Crippen molar-refractivity contribution in [2.75, 3.05) is 0 Å². The molecule has 22 heavy (non-hydrogen) atoms. The lowest BCUT2D eigenvalue weighted by atomic mass is 10.00. The SMILES string of the molecule is CC(C)c1ccc(CC(Oc2ccccc2Cl)C(=O)O)cc1. The monoisotopic (exact) mass is 318 g/mol. The minimum Gasteiger partial charge on any atom is -0.478 e. The molecule has 0 aliphatic rings. The zero-order valence-electron chi connectivity index (χ0n) is 12.6. The summed E-state index contributed by atoms with van der Waals surface area (Å²) in [7, 11) is 0. The Morgan fingerprint density at radius 1 is 1.14 bits per heavy atom. The van der Waals surface area contributed by atoms with Crippen LogP contribution in [-0.2, 0) is 11.2 Å². The highest BCUT2D eigenvalue weighted by atomic mass is 35.5. The summed E-state index contributed by atoms with van der Waals surface area (Å²) in [5.74, 6) is -0.174. The van der Waals surface area contributed by atoms with Crippen LogP contribution in [-0.4, -0.2) is 17.2 Å². The lowest BCUT2D eigenvalue weighted by molar-refractivity contribution is -0.145. The van der Waals surface area contributed by atoms with E-state index in [9.17, 15) is 9.90 Å². The summed E-state index contributed by atoms with van der Waals surface area (Å²) in [6.07, 6.45) is -0.677. The Morgan fingerprint density at radius 2 is 1.77 bits per heavy atom. The van der Waals surface area contributed by atoms with Gasteiger partial charge in [0, 0.05) is 6.42 Å². The predicted octanol–water partition coefficient (Wildman–Crippen LogP) is 4.54. The van der Waals surface area contributed by atoms with Gasteiger partial charge in [0.2, 0.25) is 0 Å². The largest absolute Gasteiger partial charge is 0.478 e. The first-order chi connectivity index (χ1) is 10.5. The van der Waals surface area contributed by atoms with Gasteiger partial charge in [-0.05, 0) is 29.2 Å². The molecule has 0 saturated heterocycles. The number of hydrogen-bond donors (Lipinski definition) is 1. The predicted molar refractivity (Wildman–Crippen MR) is 87.7 cm³/mol. The van der Waals surface area contributed by atoms with Gasteiger partial charge in [0.1, 0.15) is 5.75 Å². The van der Waals surface area contributed by atoms with Crippen LogP contribution in [0, 0.1) is 0 Å². The van der Waals surface area contributed by atoms with E-state index < -0.39 is 12.1 Å². The van der Waals surface area contributed by atoms with Gasteiger partial charge in [-0.25, -0.2) is 4.79 Å². The molecular formula is C18H19ClO3. The Bertz CT molecular complexity index is 635. The van der Waals surface area contributed by atoms with Crippen molar-refractivity contribution >= 4 is 17.6 Å². The maximum Gasteiger partial charge on any atom is 0.345 e. The molecule has 4 heteroatoms. The second-order valence-corrected chi connectivity index (χ2v) is 5.88. The Morgan fingerprint density at radius 3 is 2.32 bits per heavy atom. The summed E-state index contributed by atoms with van der Waals surface area (Å²) in [5.41, 5.74) is 2.14. The number of halogens is 1. The van der Waals surface area contributed by atoms with E-state index in [1.807, 2.05) is 24.3 Å². The molecule has 116 valence electrons. The summed E-state index contributed by atoms with van der Waals surface area (Å²) < 4.78 is 5.56. The summed E-state index contributed by atoms with van der Waals surface area (Å²) in [6.45, 7) is 4.24. The molecule has 0 aliphatic carbocycles. The van der Waals surface area contributed by atoms with Gasteiger partial charge in [-0.1, -0.05) is 61.8 Å². The van der Waals surface area contributed by atoms with Crippen LogP contribution < -0.4 is 4.74 Å². The van der Waals surface area contributed by atoms with Gasteiger partial charge in [-0.3, -0.25) is 0 Å². The van der Waals surface area contributed by atoms with E-state index in [1.165, 1.54) is 5.56 Å². The van der Waals surface area contributed by atoms with Crippen LogP contribution in [0.4, 0.5) is 0 Å². The number of benzene rings is 2. The molecule has 2 aromatic rings. The van der Waals surface area contributed by atoms with E-state index in [0.29, 0.717) is 23.1 Å². The van der Waals surface area contributed by atoms with Crippen LogP contribution in [0.2, 0.25) is 5.02 Å². The van der Waals surface area contributed by atoms with Gasteiger partial charge in [-0.15, -0.1) is 0 Å². The molecular weight excluding hydrogens is 300 g/mol. The summed E-state index contributed by atoms with van der Waals surface area (Å²) in [6, 6.07) is 14.8. The Balaban J connectivity index is 2.12. The van der Waals surface area contributed by atoms with Crippen molar-refractivity contribution in [3.8, 4) is 5.75 Å². The average molecular weight is 319 g/mol. The van der Waals surface area contributed by atoms with Crippen LogP contribution in [0.1, 0.15) is 30.9 Å². The van der Waals surface area contributed by atoms with E-state index >= 15 is 0 Å². The van der Waals surface area contributed by atoms with E-state index in [2.05, 4.69) is 13.8 Å². The highest BCUT2D eigenvalue weighted by Gasteiger charge is 2.21. The lowest BCUT2D eigenvalue weighted by Crippen LogP contribution is -2.29. The first-order valence-electron chi connectivity index (χ1n) is 7.20. The van der Waals surface area contributed by atoms with Crippen molar-refractivity contribution < 1.29 is 14.6 Å². The fraction of sp³-hybridized carbons (Fsp3) is 0.278. The zero-order chi connectivity index (χ0) is 16.1. The van der Waals surface area contributed by atoms with Crippen molar-refractivity contribution in [1.82, 2.24) is 0 Å². The van der Waals surface area contributed by atoms with Gasteiger partial charge in [-0.2, -0.15) is 0 Å². The van der Waals surface area contributed by atoms with E-state index in [-0.39, 0.29) is 0 Å². The molecule has 0 bridgehead atoms. The van der Waals surface area contributed by atoms with Crippen molar-refractivity contribution in [3.63, 3.8) is 0 Å². The number of carboxylic acids is 1. The number of rotatable bonds is 6. The maximum absolute atomic E-state index is 11.4. The summed E-state index contributed by atoms with van der Waals surface area (Å²) in [4.78, 5) is 11.4. The van der Waals surface area contributed by atoms with Crippen molar-refractivity contribution in [3.05, 3.63) is 64.7 Å². The van der Waals surface area contributed by atoms with Gasteiger partial charge in [0.05, 0.1) is 5.02 Å². The second-order valence-electron chi connectivity index (χ2n) is 5.48. The fourth-order valence-electron chi connectivity index (χ4n) is 2.13. The van der Waals surface area contributed by atoms with Crippen LogP contribution in [0.15, 0.2) is 48.5 Å². The van der Waals surface area contributed by atoms with E-state index in [4.69, 9.17) is 16.3 Å².